The molecule has 10 heteroatoms. The molecule has 0 spiro atoms. The minimum absolute atomic E-state index is 0.103. The second kappa shape index (κ2) is 7.86. The lowest BCUT2D eigenvalue weighted by atomic mass is 10.0. The fraction of sp³-hybridized carbons (Fsp3) is 0.643. The van der Waals surface area contributed by atoms with Crippen molar-refractivity contribution in [1.82, 2.24) is 4.90 Å². The van der Waals surface area contributed by atoms with E-state index in [0.29, 0.717) is 11.3 Å². The lowest BCUT2D eigenvalue weighted by molar-refractivity contribution is -0.168. The first-order valence-corrected chi connectivity index (χ1v) is 8.41. The zero-order valence-electron chi connectivity index (χ0n) is 13.6. The summed E-state index contributed by atoms with van der Waals surface area (Å²) in [6.45, 7) is 3.32. The number of thioether (sulfide) groups is 1. The molecule has 0 radical (unpaired) electrons. The molecule has 2 heterocycles. The second-order valence-electron chi connectivity index (χ2n) is 5.09. The van der Waals surface area contributed by atoms with Gasteiger partial charge in [0.25, 0.3) is 0 Å². The Morgan fingerprint density at radius 2 is 2.12 bits per heavy atom. The normalized spacial score (nSPS) is 24.0. The molecule has 0 aliphatic carbocycles. The van der Waals surface area contributed by atoms with Crippen molar-refractivity contribution in [2.24, 2.45) is 5.73 Å². The van der Waals surface area contributed by atoms with Crippen LogP contribution in [0.2, 0.25) is 0 Å². The highest BCUT2D eigenvalue weighted by atomic mass is 32.2. The first-order chi connectivity index (χ1) is 11.4. The van der Waals surface area contributed by atoms with Gasteiger partial charge in [-0.15, -0.1) is 11.8 Å². The quantitative estimate of drug-likeness (QED) is 0.402. The van der Waals surface area contributed by atoms with Crippen molar-refractivity contribution in [3.05, 3.63) is 11.3 Å². The molecule has 0 aromatic rings. The third kappa shape index (κ3) is 3.65. The SMILES string of the molecule is CCOC(=O)OC(C)OC(=O)C1=C(COC)CS[C@@H]2C(N)C(=O)N12. The van der Waals surface area contributed by atoms with Crippen LogP contribution >= 0.6 is 11.8 Å². The average molecular weight is 360 g/mol. The molecule has 2 aliphatic heterocycles. The van der Waals surface area contributed by atoms with E-state index in [-0.39, 0.29) is 30.2 Å². The predicted molar refractivity (Wildman–Crippen MR) is 83.6 cm³/mol. The van der Waals surface area contributed by atoms with Gasteiger partial charge in [0.1, 0.15) is 17.1 Å². The molecule has 134 valence electrons. The molecule has 1 fully saturated rings. The summed E-state index contributed by atoms with van der Waals surface area (Å²) >= 11 is 1.46. The molecule has 2 rings (SSSR count). The van der Waals surface area contributed by atoms with Gasteiger partial charge in [-0.3, -0.25) is 9.69 Å². The molecular weight excluding hydrogens is 340 g/mol. The number of nitrogens with two attached hydrogens (primary N) is 1. The molecule has 2 unspecified atom stereocenters. The molecule has 9 nitrogen and oxygen atoms in total. The van der Waals surface area contributed by atoms with E-state index in [2.05, 4.69) is 4.74 Å². The van der Waals surface area contributed by atoms with Gasteiger partial charge in [-0.05, 0) is 12.5 Å². The van der Waals surface area contributed by atoms with Crippen molar-refractivity contribution in [2.75, 3.05) is 26.1 Å². The number of amides is 1. The van der Waals surface area contributed by atoms with Gasteiger partial charge in [-0.1, -0.05) is 0 Å². The molecule has 0 aromatic carbocycles. The molecule has 1 amide bonds. The number of carbonyl (C=O) groups is 3. The van der Waals surface area contributed by atoms with Gasteiger partial charge in [0.05, 0.1) is 13.2 Å². The average Bonchev–Trinajstić information content (AvgIpc) is 2.53. The summed E-state index contributed by atoms with van der Waals surface area (Å²) in [4.78, 5) is 37.0. The van der Waals surface area contributed by atoms with Crippen molar-refractivity contribution in [1.29, 1.82) is 0 Å². The summed E-state index contributed by atoms with van der Waals surface area (Å²) in [7, 11) is 1.49. The van der Waals surface area contributed by atoms with Gasteiger partial charge in [0.15, 0.2) is 0 Å². The minimum atomic E-state index is -1.16. The summed E-state index contributed by atoms with van der Waals surface area (Å²) in [5.41, 5.74) is 6.48. The first-order valence-electron chi connectivity index (χ1n) is 7.36. The van der Waals surface area contributed by atoms with Crippen LogP contribution in [0, 0.1) is 0 Å². The molecule has 1 saturated heterocycles. The number of fused-ring (bicyclic) bond motifs is 1. The van der Waals surface area contributed by atoms with Crippen LogP contribution in [0.5, 0.6) is 0 Å². The smallest absolute Gasteiger partial charge is 0.435 e. The third-order valence-corrected chi connectivity index (χ3v) is 4.76. The summed E-state index contributed by atoms with van der Waals surface area (Å²) < 4.78 is 19.6. The van der Waals surface area contributed by atoms with Crippen LogP contribution in [0.25, 0.3) is 0 Å². The number of ether oxygens (including phenoxy) is 4. The Bertz CT molecular complexity index is 565. The Hall–Kier alpha value is -1.78. The van der Waals surface area contributed by atoms with E-state index in [0.717, 1.165) is 0 Å². The van der Waals surface area contributed by atoms with E-state index in [9.17, 15) is 14.4 Å². The topological polar surface area (TPSA) is 117 Å². The molecule has 3 atom stereocenters. The third-order valence-electron chi connectivity index (χ3n) is 3.40. The molecular formula is C14H20N2O7S. The number of nitrogens with zero attached hydrogens (tertiary/aromatic N) is 1. The van der Waals surface area contributed by atoms with Crippen LogP contribution in [0.15, 0.2) is 11.3 Å². The van der Waals surface area contributed by atoms with Crippen molar-refractivity contribution in [2.45, 2.75) is 31.6 Å². The molecule has 2 aliphatic rings. The van der Waals surface area contributed by atoms with Crippen LogP contribution in [-0.2, 0) is 28.5 Å². The van der Waals surface area contributed by atoms with E-state index in [1.807, 2.05) is 0 Å². The van der Waals surface area contributed by atoms with E-state index >= 15 is 0 Å². The number of hydrogen-bond acceptors (Lipinski definition) is 9. The van der Waals surface area contributed by atoms with Crippen LogP contribution in [-0.4, -0.2) is 66.7 Å². The van der Waals surface area contributed by atoms with Crippen LogP contribution in [0.1, 0.15) is 13.8 Å². The first kappa shape index (κ1) is 18.6. The monoisotopic (exact) mass is 360 g/mol. The maximum atomic E-state index is 12.5. The van der Waals surface area contributed by atoms with Gasteiger partial charge in [-0.25, -0.2) is 9.59 Å². The Morgan fingerprint density at radius 3 is 2.75 bits per heavy atom. The van der Waals surface area contributed by atoms with Gasteiger partial charge in [-0.2, -0.15) is 0 Å². The molecule has 0 saturated carbocycles. The molecule has 0 aromatic heterocycles. The van der Waals surface area contributed by atoms with Gasteiger partial charge in [0.2, 0.25) is 12.2 Å². The molecule has 2 N–H and O–H groups in total. The van der Waals surface area contributed by atoms with E-state index < -0.39 is 24.5 Å². The highest BCUT2D eigenvalue weighted by molar-refractivity contribution is 8.00. The predicted octanol–water partition coefficient (Wildman–Crippen LogP) is 0.192. The van der Waals surface area contributed by atoms with Crippen molar-refractivity contribution >= 4 is 29.8 Å². The second-order valence-corrected chi connectivity index (χ2v) is 6.20. The van der Waals surface area contributed by atoms with Crippen LogP contribution in [0.4, 0.5) is 4.79 Å². The Morgan fingerprint density at radius 1 is 1.42 bits per heavy atom. The van der Waals surface area contributed by atoms with Gasteiger partial charge in [0, 0.05) is 19.8 Å². The zero-order chi connectivity index (χ0) is 17.9. The van der Waals surface area contributed by atoms with E-state index in [1.165, 1.54) is 30.7 Å². The maximum absolute atomic E-state index is 12.5. The highest BCUT2D eigenvalue weighted by Gasteiger charge is 2.52. The van der Waals surface area contributed by atoms with Crippen LogP contribution in [0.3, 0.4) is 0 Å². The lowest BCUT2D eigenvalue weighted by Gasteiger charge is -2.48. The number of β-lactam (4-membered cyclic amide) rings is 1. The number of methoxy groups -OCH3 is 1. The number of rotatable bonds is 6. The fourth-order valence-electron chi connectivity index (χ4n) is 2.37. The standard InChI is InChI=1S/C14H20N2O7S/c1-4-21-14(19)23-7(2)22-13(18)10-8(5-20-3)6-24-12-9(15)11(17)16(10)12/h7,9,12H,4-6,15H2,1-3H3/t7?,9?,12-/m1/s1. The Labute approximate surface area is 143 Å². The van der Waals surface area contributed by atoms with Crippen molar-refractivity contribution < 1.29 is 33.3 Å². The number of hydrogen-bond donors (Lipinski definition) is 1. The Kier molecular flexibility index (Phi) is 6.08. The molecule has 24 heavy (non-hydrogen) atoms. The maximum Gasteiger partial charge on any atom is 0.511 e. The van der Waals surface area contributed by atoms with Gasteiger partial charge >= 0.3 is 12.1 Å². The zero-order valence-corrected chi connectivity index (χ0v) is 14.5. The Balaban J connectivity index is 2.11. The lowest BCUT2D eigenvalue weighted by Crippen LogP contribution is -2.68. The fourth-order valence-corrected chi connectivity index (χ4v) is 3.65. The van der Waals surface area contributed by atoms with Crippen LogP contribution < -0.4 is 5.73 Å². The number of esters is 1. The summed E-state index contributed by atoms with van der Waals surface area (Å²) in [5, 5.41) is -0.304. The van der Waals surface area contributed by atoms with E-state index in [4.69, 9.17) is 19.9 Å². The summed E-state index contributed by atoms with van der Waals surface area (Å²) in [6, 6.07) is -0.643. The summed E-state index contributed by atoms with van der Waals surface area (Å²) in [6.07, 6.45) is -2.10. The summed E-state index contributed by atoms with van der Waals surface area (Å²) in [5.74, 6) is -0.635. The van der Waals surface area contributed by atoms with Crippen molar-refractivity contribution in [3.8, 4) is 0 Å². The largest absolute Gasteiger partial charge is 0.511 e. The van der Waals surface area contributed by atoms with Gasteiger partial charge < -0.3 is 24.7 Å². The molecule has 0 bridgehead atoms. The number of carbonyl (C=O) groups excluding carboxylic acids is 3. The minimum Gasteiger partial charge on any atom is -0.435 e. The highest BCUT2D eigenvalue weighted by Crippen LogP contribution is 2.39. The van der Waals surface area contributed by atoms with Crippen molar-refractivity contribution in [3.63, 3.8) is 0 Å². The van der Waals surface area contributed by atoms with E-state index in [1.54, 1.807) is 6.92 Å².